The number of rotatable bonds is 11. The zero-order valence-electron chi connectivity index (χ0n) is 16.0. The van der Waals surface area contributed by atoms with E-state index in [1.807, 2.05) is 39.0 Å². The molecule has 0 bridgehead atoms. The second kappa shape index (κ2) is 11.6. The van der Waals surface area contributed by atoms with Gasteiger partial charge in [0.2, 0.25) is 0 Å². The Morgan fingerprint density at radius 2 is 1.48 bits per heavy atom. The maximum Gasteiger partial charge on any atom is 0.524 e. The first-order chi connectivity index (χ1) is 12.0. The molecule has 2 N–H and O–H groups in total. The lowest BCUT2D eigenvalue weighted by Crippen LogP contribution is -2.63. The topological polar surface area (TPSA) is 51.8 Å². The van der Waals surface area contributed by atoms with Crippen molar-refractivity contribution < 1.29 is 13.3 Å². The van der Waals surface area contributed by atoms with E-state index in [-0.39, 0.29) is 11.7 Å². The van der Waals surface area contributed by atoms with Gasteiger partial charge in [0.25, 0.3) is 0 Å². The first-order valence-corrected chi connectivity index (χ1v) is 11.3. The number of hydrogen-bond donors (Lipinski definition) is 2. The number of hydrogen-bond acceptors (Lipinski definition) is 4. The fourth-order valence-corrected chi connectivity index (χ4v) is 6.00. The van der Waals surface area contributed by atoms with E-state index in [1.54, 1.807) is 0 Å². The fourth-order valence-electron chi connectivity index (χ4n) is 2.69. The summed E-state index contributed by atoms with van der Waals surface area (Å²) < 4.78 is 18.0. The zero-order chi connectivity index (χ0) is 18.7. The minimum absolute atomic E-state index is 0.0877. The van der Waals surface area contributed by atoms with Crippen LogP contribution in [-0.4, -0.2) is 39.4 Å². The summed E-state index contributed by atoms with van der Waals surface area (Å²) in [5.74, 6) is 0. The van der Waals surface area contributed by atoms with Crippen LogP contribution < -0.4 is 10.6 Å². The second-order valence-electron chi connectivity index (χ2n) is 5.61. The standard InChI is InChI=1S/C18H32N2O3SSi/c1-6-17(25(21-7-2,22-8-3)23-9-4)20-18(24)19-15(5)16-13-11-10-12-14-16/h10-15,17H,6-9H2,1-5H3,(H2,19,20,24). The summed E-state index contributed by atoms with van der Waals surface area (Å²) in [7, 11) is -2.86. The monoisotopic (exact) mass is 384 g/mol. The van der Waals surface area contributed by atoms with E-state index in [1.165, 1.54) is 5.56 Å². The van der Waals surface area contributed by atoms with Crippen molar-refractivity contribution in [1.82, 2.24) is 10.6 Å². The Kier molecular flexibility index (Phi) is 10.2. The molecule has 142 valence electrons. The fraction of sp³-hybridized carbons (Fsp3) is 0.611. The normalized spacial score (nSPS) is 14.0. The van der Waals surface area contributed by atoms with Gasteiger partial charge in [-0.1, -0.05) is 37.3 Å². The molecule has 2 atom stereocenters. The molecule has 0 spiro atoms. The van der Waals surface area contributed by atoms with Crippen LogP contribution in [0.4, 0.5) is 0 Å². The lowest BCUT2D eigenvalue weighted by molar-refractivity contribution is 0.0595. The Morgan fingerprint density at radius 1 is 0.960 bits per heavy atom. The predicted molar refractivity (Wildman–Crippen MR) is 108 cm³/mol. The summed E-state index contributed by atoms with van der Waals surface area (Å²) in [5, 5.41) is 7.29. The molecular formula is C18H32N2O3SSi. The van der Waals surface area contributed by atoms with Crippen LogP contribution in [0.2, 0.25) is 0 Å². The molecule has 1 rings (SSSR count). The Labute approximate surface area is 158 Å². The van der Waals surface area contributed by atoms with E-state index in [4.69, 9.17) is 25.5 Å². The third kappa shape index (κ3) is 6.67. The van der Waals surface area contributed by atoms with Crippen molar-refractivity contribution in [3.05, 3.63) is 35.9 Å². The molecule has 0 aliphatic carbocycles. The van der Waals surface area contributed by atoms with Crippen LogP contribution in [0.25, 0.3) is 0 Å². The molecule has 0 saturated heterocycles. The molecular weight excluding hydrogens is 352 g/mol. The van der Waals surface area contributed by atoms with E-state index >= 15 is 0 Å². The van der Waals surface area contributed by atoms with Gasteiger partial charge in [0.1, 0.15) is 0 Å². The van der Waals surface area contributed by atoms with Crippen molar-refractivity contribution in [3.8, 4) is 0 Å². The van der Waals surface area contributed by atoms with Crippen LogP contribution in [0, 0.1) is 0 Å². The van der Waals surface area contributed by atoms with Crippen molar-refractivity contribution in [2.75, 3.05) is 19.8 Å². The molecule has 0 fully saturated rings. The van der Waals surface area contributed by atoms with Gasteiger partial charge in [-0.05, 0) is 51.9 Å². The van der Waals surface area contributed by atoms with Crippen LogP contribution >= 0.6 is 12.2 Å². The largest absolute Gasteiger partial charge is 0.524 e. The molecule has 0 radical (unpaired) electrons. The lowest BCUT2D eigenvalue weighted by atomic mass is 10.1. The Balaban J connectivity index is 2.81. The van der Waals surface area contributed by atoms with Crippen LogP contribution in [0.3, 0.4) is 0 Å². The van der Waals surface area contributed by atoms with Crippen LogP contribution in [0.1, 0.15) is 52.6 Å². The number of benzene rings is 1. The Bertz CT molecular complexity index is 487. The number of nitrogens with one attached hydrogen (secondary N) is 2. The SMILES string of the molecule is CCO[Si](OCC)(OCC)C(CC)NC(=S)NC(C)c1ccccc1. The van der Waals surface area contributed by atoms with Gasteiger partial charge in [-0.2, -0.15) is 0 Å². The first kappa shape index (κ1) is 22.0. The third-order valence-corrected chi connectivity index (χ3v) is 7.54. The van der Waals surface area contributed by atoms with Gasteiger partial charge in [-0.15, -0.1) is 0 Å². The quantitative estimate of drug-likeness (QED) is 0.449. The molecule has 0 aliphatic heterocycles. The summed E-state index contributed by atoms with van der Waals surface area (Å²) in [6.07, 6.45) is 0.799. The highest BCUT2D eigenvalue weighted by atomic mass is 32.1. The summed E-state index contributed by atoms with van der Waals surface area (Å²) >= 11 is 5.53. The van der Waals surface area contributed by atoms with Gasteiger partial charge in [-0.25, -0.2) is 0 Å². The molecule has 25 heavy (non-hydrogen) atoms. The summed E-state index contributed by atoms with van der Waals surface area (Å²) in [4.78, 5) is 0. The molecule has 0 heterocycles. The van der Waals surface area contributed by atoms with Crippen molar-refractivity contribution in [1.29, 1.82) is 0 Å². The second-order valence-corrected chi connectivity index (χ2v) is 8.79. The highest BCUT2D eigenvalue weighted by Gasteiger charge is 2.49. The van der Waals surface area contributed by atoms with Gasteiger partial charge in [0, 0.05) is 19.8 Å². The van der Waals surface area contributed by atoms with E-state index in [2.05, 4.69) is 36.6 Å². The van der Waals surface area contributed by atoms with Crippen LogP contribution in [-0.2, 0) is 13.3 Å². The van der Waals surface area contributed by atoms with Gasteiger partial charge in [0.15, 0.2) is 5.11 Å². The summed E-state index contributed by atoms with van der Waals surface area (Å²) in [5.41, 5.74) is 1.10. The molecule has 0 amide bonds. The predicted octanol–water partition coefficient (Wildman–Crippen LogP) is 3.58. The van der Waals surface area contributed by atoms with Crippen molar-refractivity contribution in [2.24, 2.45) is 0 Å². The minimum Gasteiger partial charge on any atom is -0.373 e. The third-order valence-electron chi connectivity index (χ3n) is 3.82. The van der Waals surface area contributed by atoms with E-state index < -0.39 is 8.80 Å². The Hall–Kier alpha value is -0.993. The molecule has 5 nitrogen and oxygen atoms in total. The summed E-state index contributed by atoms with van der Waals surface area (Å²) in [6.45, 7) is 11.7. The maximum atomic E-state index is 6.00. The van der Waals surface area contributed by atoms with Gasteiger partial charge in [0.05, 0.1) is 11.7 Å². The van der Waals surface area contributed by atoms with Gasteiger partial charge < -0.3 is 23.9 Å². The number of thiocarbonyl (C=S) groups is 1. The lowest BCUT2D eigenvalue weighted by Gasteiger charge is -2.36. The van der Waals surface area contributed by atoms with Crippen molar-refractivity contribution in [3.63, 3.8) is 0 Å². The van der Waals surface area contributed by atoms with E-state index in [0.29, 0.717) is 24.9 Å². The Morgan fingerprint density at radius 3 is 1.92 bits per heavy atom. The average molecular weight is 385 g/mol. The van der Waals surface area contributed by atoms with Crippen LogP contribution in [0.5, 0.6) is 0 Å². The highest BCUT2D eigenvalue weighted by molar-refractivity contribution is 7.80. The smallest absolute Gasteiger partial charge is 0.373 e. The first-order valence-electron chi connectivity index (χ1n) is 9.06. The van der Waals surface area contributed by atoms with E-state index in [9.17, 15) is 0 Å². The average Bonchev–Trinajstić information content (AvgIpc) is 2.61. The molecule has 2 unspecified atom stereocenters. The molecule has 1 aromatic rings. The molecule has 0 aliphatic rings. The van der Waals surface area contributed by atoms with Gasteiger partial charge in [-0.3, -0.25) is 0 Å². The molecule has 7 heteroatoms. The molecule has 1 aromatic carbocycles. The minimum atomic E-state index is -2.86. The summed E-state index contributed by atoms with van der Waals surface area (Å²) in [6, 6.07) is 10.3. The van der Waals surface area contributed by atoms with Crippen molar-refractivity contribution in [2.45, 2.75) is 52.7 Å². The highest BCUT2D eigenvalue weighted by Crippen LogP contribution is 2.18. The molecule has 0 aromatic heterocycles. The van der Waals surface area contributed by atoms with Gasteiger partial charge >= 0.3 is 8.80 Å². The van der Waals surface area contributed by atoms with Crippen molar-refractivity contribution >= 4 is 26.1 Å². The zero-order valence-corrected chi connectivity index (χ0v) is 17.8. The van der Waals surface area contributed by atoms with E-state index in [0.717, 1.165) is 6.42 Å². The molecule has 0 saturated carbocycles. The maximum absolute atomic E-state index is 6.00. The van der Waals surface area contributed by atoms with Crippen LogP contribution in [0.15, 0.2) is 30.3 Å².